The number of hydrogen-bond donors (Lipinski definition) is 1. The zero-order valence-electron chi connectivity index (χ0n) is 8.78. The van der Waals surface area contributed by atoms with Crippen molar-refractivity contribution >= 4 is 0 Å². The highest BCUT2D eigenvalue weighted by Crippen LogP contribution is 2.11. The molecular formula is C12H13N3O. The number of rotatable bonds is 4. The fraction of sp³-hybridized carbons (Fsp3) is 0.167. The van der Waals surface area contributed by atoms with Gasteiger partial charge in [0, 0.05) is 12.4 Å². The molecule has 4 heteroatoms. The molecule has 1 unspecified atom stereocenters. The first kappa shape index (κ1) is 10.6. The molecule has 0 spiro atoms. The van der Waals surface area contributed by atoms with Crippen LogP contribution in [0.2, 0.25) is 0 Å². The first-order valence-corrected chi connectivity index (χ1v) is 5.05. The van der Waals surface area contributed by atoms with E-state index in [0.29, 0.717) is 6.61 Å². The molecule has 0 amide bonds. The summed E-state index contributed by atoms with van der Waals surface area (Å²) in [5.41, 5.74) is 6.65. The number of para-hydroxylation sites is 1. The van der Waals surface area contributed by atoms with Crippen molar-refractivity contribution in [2.45, 2.75) is 6.04 Å². The van der Waals surface area contributed by atoms with Gasteiger partial charge >= 0.3 is 0 Å². The molecule has 2 rings (SSSR count). The maximum absolute atomic E-state index is 5.92. The molecule has 82 valence electrons. The highest BCUT2D eigenvalue weighted by Gasteiger charge is 2.07. The summed E-state index contributed by atoms with van der Waals surface area (Å²) in [4.78, 5) is 8.09. The van der Waals surface area contributed by atoms with Crippen molar-refractivity contribution in [2.75, 3.05) is 6.61 Å². The first-order chi connectivity index (χ1) is 7.86. The van der Waals surface area contributed by atoms with E-state index in [9.17, 15) is 0 Å². The van der Waals surface area contributed by atoms with E-state index in [-0.39, 0.29) is 6.04 Å². The smallest absolute Gasteiger partial charge is 0.119 e. The summed E-state index contributed by atoms with van der Waals surface area (Å²) in [7, 11) is 0. The van der Waals surface area contributed by atoms with Crippen LogP contribution in [-0.4, -0.2) is 16.6 Å². The maximum Gasteiger partial charge on any atom is 0.119 e. The monoisotopic (exact) mass is 215 g/mol. The van der Waals surface area contributed by atoms with Gasteiger partial charge in [-0.15, -0.1) is 0 Å². The Hall–Kier alpha value is -1.94. The lowest BCUT2D eigenvalue weighted by atomic mass is 10.2. The van der Waals surface area contributed by atoms with E-state index in [4.69, 9.17) is 10.5 Å². The molecule has 1 aromatic heterocycles. The second kappa shape index (κ2) is 5.23. The highest BCUT2D eigenvalue weighted by atomic mass is 16.5. The van der Waals surface area contributed by atoms with Crippen LogP contribution >= 0.6 is 0 Å². The largest absolute Gasteiger partial charge is 0.492 e. The fourth-order valence-electron chi connectivity index (χ4n) is 1.29. The van der Waals surface area contributed by atoms with Crippen LogP contribution in [-0.2, 0) is 0 Å². The Kier molecular flexibility index (Phi) is 3.46. The third kappa shape index (κ3) is 2.77. The lowest BCUT2D eigenvalue weighted by Gasteiger charge is -2.11. The van der Waals surface area contributed by atoms with Crippen LogP contribution in [0.4, 0.5) is 0 Å². The second-order valence-electron chi connectivity index (χ2n) is 3.36. The average Bonchev–Trinajstić information content (AvgIpc) is 2.38. The Morgan fingerprint density at radius 1 is 1.19 bits per heavy atom. The Labute approximate surface area is 94.1 Å². The molecule has 0 aliphatic heterocycles. The van der Waals surface area contributed by atoms with E-state index in [1.165, 1.54) is 0 Å². The predicted octanol–water partition coefficient (Wildman–Crippen LogP) is 1.56. The first-order valence-electron chi connectivity index (χ1n) is 5.05. The quantitative estimate of drug-likeness (QED) is 0.840. The Bertz CT molecular complexity index is 419. The fourth-order valence-corrected chi connectivity index (χ4v) is 1.29. The number of aromatic nitrogens is 2. The SMILES string of the molecule is NC(COc1ccccc1)c1cnccn1. The number of ether oxygens (including phenoxy) is 1. The second-order valence-corrected chi connectivity index (χ2v) is 3.36. The van der Waals surface area contributed by atoms with Gasteiger partial charge in [0.25, 0.3) is 0 Å². The number of hydrogen-bond acceptors (Lipinski definition) is 4. The molecule has 0 bridgehead atoms. The predicted molar refractivity (Wildman–Crippen MR) is 60.9 cm³/mol. The van der Waals surface area contributed by atoms with Crippen LogP contribution in [0.25, 0.3) is 0 Å². The molecule has 1 aromatic carbocycles. The molecule has 0 saturated carbocycles. The lowest BCUT2D eigenvalue weighted by Crippen LogP contribution is -2.20. The summed E-state index contributed by atoms with van der Waals surface area (Å²) < 4.78 is 5.53. The molecule has 0 aliphatic rings. The van der Waals surface area contributed by atoms with Gasteiger partial charge in [0.2, 0.25) is 0 Å². The van der Waals surface area contributed by atoms with Gasteiger partial charge in [0.15, 0.2) is 0 Å². The molecular weight excluding hydrogens is 202 g/mol. The van der Waals surface area contributed by atoms with Crippen molar-refractivity contribution in [1.29, 1.82) is 0 Å². The van der Waals surface area contributed by atoms with Crippen molar-refractivity contribution < 1.29 is 4.74 Å². The van der Waals surface area contributed by atoms with Crippen molar-refractivity contribution in [3.05, 3.63) is 54.6 Å². The summed E-state index contributed by atoms with van der Waals surface area (Å²) >= 11 is 0. The van der Waals surface area contributed by atoms with Gasteiger partial charge in [-0.1, -0.05) is 18.2 Å². The minimum atomic E-state index is -0.256. The number of benzene rings is 1. The number of nitrogens with two attached hydrogens (primary N) is 1. The zero-order chi connectivity index (χ0) is 11.2. The van der Waals surface area contributed by atoms with Crippen LogP contribution in [0.15, 0.2) is 48.9 Å². The molecule has 1 heterocycles. The summed E-state index contributed by atoms with van der Waals surface area (Å²) in [6, 6.07) is 9.31. The van der Waals surface area contributed by atoms with E-state index in [1.54, 1.807) is 18.6 Å². The van der Waals surface area contributed by atoms with Crippen LogP contribution in [0.5, 0.6) is 5.75 Å². The zero-order valence-corrected chi connectivity index (χ0v) is 8.78. The summed E-state index contributed by atoms with van der Waals surface area (Å²) in [6.45, 7) is 0.392. The molecule has 0 saturated heterocycles. The topological polar surface area (TPSA) is 61.0 Å². The maximum atomic E-state index is 5.92. The van der Waals surface area contributed by atoms with Crippen molar-refractivity contribution in [1.82, 2.24) is 9.97 Å². The molecule has 0 radical (unpaired) electrons. The summed E-state index contributed by atoms with van der Waals surface area (Å²) in [6.07, 6.45) is 4.89. The molecule has 4 nitrogen and oxygen atoms in total. The third-order valence-electron chi connectivity index (χ3n) is 2.14. The Balaban J connectivity index is 1.92. The van der Waals surface area contributed by atoms with Gasteiger partial charge in [-0.2, -0.15) is 0 Å². The molecule has 2 aromatic rings. The normalized spacial score (nSPS) is 12.1. The van der Waals surface area contributed by atoms with Crippen LogP contribution in [0.3, 0.4) is 0 Å². The number of nitrogens with zero attached hydrogens (tertiary/aromatic N) is 2. The van der Waals surface area contributed by atoms with Gasteiger partial charge in [-0.25, -0.2) is 0 Å². The minimum absolute atomic E-state index is 0.256. The minimum Gasteiger partial charge on any atom is -0.492 e. The summed E-state index contributed by atoms with van der Waals surface area (Å²) in [5, 5.41) is 0. The summed E-state index contributed by atoms with van der Waals surface area (Å²) in [5.74, 6) is 0.807. The Morgan fingerprint density at radius 3 is 2.69 bits per heavy atom. The van der Waals surface area contributed by atoms with E-state index in [2.05, 4.69) is 9.97 Å². The van der Waals surface area contributed by atoms with Crippen molar-refractivity contribution in [3.63, 3.8) is 0 Å². The van der Waals surface area contributed by atoms with Gasteiger partial charge in [0.05, 0.1) is 17.9 Å². The Morgan fingerprint density at radius 2 is 2.00 bits per heavy atom. The van der Waals surface area contributed by atoms with Crippen molar-refractivity contribution in [2.24, 2.45) is 5.73 Å². The van der Waals surface area contributed by atoms with Gasteiger partial charge in [-0.3, -0.25) is 9.97 Å². The van der Waals surface area contributed by atoms with Crippen LogP contribution in [0.1, 0.15) is 11.7 Å². The molecule has 0 aliphatic carbocycles. The lowest BCUT2D eigenvalue weighted by molar-refractivity contribution is 0.288. The van der Waals surface area contributed by atoms with E-state index >= 15 is 0 Å². The van der Waals surface area contributed by atoms with Crippen LogP contribution in [0, 0.1) is 0 Å². The van der Waals surface area contributed by atoms with Gasteiger partial charge in [0.1, 0.15) is 12.4 Å². The highest BCUT2D eigenvalue weighted by molar-refractivity contribution is 5.21. The van der Waals surface area contributed by atoms with Gasteiger partial charge in [-0.05, 0) is 12.1 Å². The molecule has 1 atom stereocenters. The van der Waals surface area contributed by atoms with Crippen molar-refractivity contribution in [3.8, 4) is 5.75 Å². The molecule has 0 fully saturated rings. The standard InChI is InChI=1S/C12H13N3O/c13-11(12-8-14-6-7-15-12)9-16-10-4-2-1-3-5-10/h1-8,11H,9,13H2. The van der Waals surface area contributed by atoms with E-state index < -0.39 is 0 Å². The molecule has 16 heavy (non-hydrogen) atoms. The third-order valence-corrected chi connectivity index (χ3v) is 2.14. The van der Waals surface area contributed by atoms with E-state index in [0.717, 1.165) is 11.4 Å². The van der Waals surface area contributed by atoms with E-state index in [1.807, 2.05) is 30.3 Å². The van der Waals surface area contributed by atoms with Gasteiger partial charge < -0.3 is 10.5 Å². The van der Waals surface area contributed by atoms with Crippen LogP contribution < -0.4 is 10.5 Å². The average molecular weight is 215 g/mol. The molecule has 2 N–H and O–H groups in total.